The van der Waals surface area contributed by atoms with Crippen molar-refractivity contribution in [2.75, 3.05) is 11.9 Å². The molecule has 0 aromatic heterocycles. The molecular formula is C20H20N4O2. The Morgan fingerprint density at radius 1 is 1.12 bits per heavy atom. The summed E-state index contributed by atoms with van der Waals surface area (Å²) in [5, 5.41) is 4.00. The van der Waals surface area contributed by atoms with E-state index in [0.717, 1.165) is 28.7 Å². The normalized spacial score (nSPS) is 16.6. The Labute approximate surface area is 152 Å². The molecule has 6 heteroatoms. The Hall–Kier alpha value is -3.28. The van der Waals surface area contributed by atoms with Gasteiger partial charge in [0.15, 0.2) is 0 Å². The Bertz CT molecular complexity index is 902. The minimum Gasteiger partial charge on any atom is -0.323 e. The zero-order valence-corrected chi connectivity index (χ0v) is 14.6. The highest BCUT2D eigenvalue weighted by Gasteiger charge is 2.28. The van der Waals surface area contributed by atoms with E-state index in [2.05, 4.69) is 10.1 Å². The number of hydrogen-bond donors (Lipinski definition) is 1. The number of amides is 1. The number of anilines is 1. The molecule has 2 aromatic carbocycles. The van der Waals surface area contributed by atoms with E-state index in [-0.39, 0.29) is 18.7 Å². The lowest BCUT2D eigenvalue weighted by molar-refractivity contribution is -0.120. The van der Waals surface area contributed by atoms with Crippen molar-refractivity contribution in [2.45, 2.75) is 19.4 Å². The standard InChI is InChI=1S/C20H20N4O2/c1-22-19-16-9-4-5-10-17(16)24(18(26)11-6-12-25)13-14-7-2-3-8-15(14)20(19)23-21/h2-5,7-10,12H,6,11,13,21H2,1H3. The van der Waals surface area contributed by atoms with E-state index in [1.54, 1.807) is 11.9 Å². The van der Waals surface area contributed by atoms with Gasteiger partial charge < -0.3 is 15.5 Å². The first-order valence-electron chi connectivity index (χ1n) is 8.38. The highest BCUT2D eigenvalue weighted by molar-refractivity contribution is 6.54. The molecule has 132 valence electrons. The predicted octanol–water partition coefficient (Wildman–Crippen LogP) is 2.29. The van der Waals surface area contributed by atoms with Gasteiger partial charge in [-0.3, -0.25) is 9.79 Å². The third-order valence-corrected chi connectivity index (χ3v) is 4.41. The number of carbonyl (C=O) groups is 2. The molecule has 0 saturated heterocycles. The SMILES string of the molecule is CN=C1C(=NN)c2ccccc2CN(C(=O)CCC=O)c2ccccc21. The minimum absolute atomic E-state index is 0.108. The molecule has 0 saturated carbocycles. The maximum absolute atomic E-state index is 12.8. The fourth-order valence-corrected chi connectivity index (χ4v) is 3.21. The highest BCUT2D eigenvalue weighted by atomic mass is 16.2. The van der Waals surface area contributed by atoms with Crippen molar-refractivity contribution in [3.05, 3.63) is 65.2 Å². The van der Waals surface area contributed by atoms with E-state index in [4.69, 9.17) is 5.84 Å². The van der Waals surface area contributed by atoms with Crippen LogP contribution in [0.1, 0.15) is 29.5 Å². The quantitative estimate of drug-likeness (QED) is 0.524. The summed E-state index contributed by atoms with van der Waals surface area (Å²) in [5.74, 6) is 5.60. The largest absolute Gasteiger partial charge is 0.323 e. The van der Waals surface area contributed by atoms with Crippen LogP contribution >= 0.6 is 0 Å². The topological polar surface area (TPSA) is 88.1 Å². The lowest BCUT2D eigenvalue weighted by Gasteiger charge is -2.29. The maximum atomic E-state index is 12.8. The van der Waals surface area contributed by atoms with E-state index < -0.39 is 0 Å². The number of benzene rings is 2. The fraction of sp³-hybridized carbons (Fsp3) is 0.200. The Morgan fingerprint density at radius 2 is 1.81 bits per heavy atom. The van der Waals surface area contributed by atoms with Crippen LogP contribution in [0.25, 0.3) is 0 Å². The molecule has 1 heterocycles. The molecule has 1 aliphatic heterocycles. The number of para-hydroxylation sites is 1. The summed E-state index contributed by atoms with van der Waals surface area (Å²) in [7, 11) is 1.68. The second-order valence-corrected chi connectivity index (χ2v) is 5.91. The molecule has 0 bridgehead atoms. The first-order valence-corrected chi connectivity index (χ1v) is 8.38. The summed E-state index contributed by atoms with van der Waals surface area (Å²) in [6, 6.07) is 15.2. The van der Waals surface area contributed by atoms with E-state index in [1.807, 2.05) is 48.5 Å². The van der Waals surface area contributed by atoms with Crippen LogP contribution in [0.2, 0.25) is 0 Å². The van der Waals surface area contributed by atoms with Crippen LogP contribution < -0.4 is 10.7 Å². The zero-order chi connectivity index (χ0) is 18.5. The van der Waals surface area contributed by atoms with Crippen molar-refractivity contribution >= 4 is 29.3 Å². The third-order valence-electron chi connectivity index (χ3n) is 4.41. The molecule has 0 atom stereocenters. The lowest BCUT2D eigenvalue weighted by Crippen LogP contribution is -2.35. The highest BCUT2D eigenvalue weighted by Crippen LogP contribution is 2.29. The van der Waals surface area contributed by atoms with Gasteiger partial charge in [-0.2, -0.15) is 5.10 Å². The van der Waals surface area contributed by atoms with Crippen molar-refractivity contribution in [1.29, 1.82) is 0 Å². The summed E-state index contributed by atoms with van der Waals surface area (Å²) in [4.78, 5) is 29.6. The number of hydrazone groups is 1. The molecule has 26 heavy (non-hydrogen) atoms. The van der Waals surface area contributed by atoms with E-state index >= 15 is 0 Å². The van der Waals surface area contributed by atoms with Crippen LogP contribution in [-0.2, 0) is 16.1 Å². The van der Waals surface area contributed by atoms with Gasteiger partial charge >= 0.3 is 0 Å². The summed E-state index contributed by atoms with van der Waals surface area (Å²) in [6.45, 7) is 0.376. The molecule has 3 rings (SSSR count). The molecule has 2 aromatic rings. The number of carbonyl (C=O) groups excluding carboxylic acids is 2. The van der Waals surface area contributed by atoms with Crippen LogP contribution in [0.4, 0.5) is 5.69 Å². The minimum atomic E-state index is -0.108. The molecule has 0 fully saturated rings. The molecule has 2 N–H and O–H groups in total. The van der Waals surface area contributed by atoms with Crippen LogP contribution in [-0.4, -0.2) is 30.7 Å². The molecule has 6 nitrogen and oxygen atoms in total. The summed E-state index contributed by atoms with van der Waals surface area (Å²) < 4.78 is 0. The smallest absolute Gasteiger partial charge is 0.227 e. The number of rotatable bonds is 3. The first-order chi connectivity index (χ1) is 12.7. The second kappa shape index (κ2) is 7.74. The van der Waals surface area contributed by atoms with Gasteiger partial charge in [0, 0.05) is 31.0 Å². The number of fused-ring (bicyclic) bond motifs is 2. The Morgan fingerprint density at radius 3 is 2.50 bits per heavy atom. The fourth-order valence-electron chi connectivity index (χ4n) is 3.21. The van der Waals surface area contributed by atoms with Crippen molar-refractivity contribution in [1.82, 2.24) is 0 Å². The van der Waals surface area contributed by atoms with Gasteiger partial charge in [0.05, 0.1) is 17.9 Å². The second-order valence-electron chi connectivity index (χ2n) is 5.91. The zero-order valence-electron chi connectivity index (χ0n) is 14.6. The average molecular weight is 348 g/mol. The number of aldehydes is 1. The predicted molar refractivity (Wildman–Crippen MR) is 103 cm³/mol. The van der Waals surface area contributed by atoms with Gasteiger partial charge in [-0.1, -0.05) is 42.5 Å². The molecule has 1 amide bonds. The summed E-state index contributed by atoms with van der Waals surface area (Å²) >= 11 is 0. The van der Waals surface area contributed by atoms with Crippen LogP contribution in [0.15, 0.2) is 58.6 Å². The van der Waals surface area contributed by atoms with Gasteiger partial charge in [0.25, 0.3) is 0 Å². The molecule has 0 spiro atoms. The van der Waals surface area contributed by atoms with Gasteiger partial charge in [-0.05, 0) is 11.6 Å². The number of nitrogens with two attached hydrogens (primary N) is 1. The third kappa shape index (κ3) is 3.13. The van der Waals surface area contributed by atoms with Crippen LogP contribution in [0, 0.1) is 0 Å². The van der Waals surface area contributed by atoms with Crippen molar-refractivity contribution in [2.24, 2.45) is 15.9 Å². The summed E-state index contributed by atoms with van der Waals surface area (Å²) in [5.41, 5.74) is 4.51. The van der Waals surface area contributed by atoms with Gasteiger partial charge in [-0.15, -0.1) is 0 Å². The van der Waals surface area contributed by atoms with Gasteiger partial charge in [0.2, 0.25) is 5.91 Å². The van der Waals surface area contributed by atoms with Gasteiger partial charge in [0.1, 0.15) is 12.0 Å². The Balaban J connectivity index is 2.23. The summed E-state index contributed by atoms with van der Waals surface area (Å²) in [6.07, 6.45) is 1.12. The molecule has 0 radical (unpaired) electrons. The van der Waals surface area contributed by atoms with E-state index in [1.165, 1.54) is 0 Å². The Kier molecular flexibility index (Phi) is 5.22. The van der Waals surface area contributed by atoms with Crippen molar-refractivity contribution < 1.29 is 9.59 Å². The first kappa shape index (κ1) is 17.5. The monoisotopic (exact) mass is 348 g/mol. The average Bonchev–Trinajstić information content (AvgIpc) is 2.67. The van der Waals surface area contributed by atoms with Crippen molar-refractivity contribution in [3.63, 3.8) is 0 Å². The number of nitrogens with zero attached hydrogens (tertiary/aromatic N) is 3. The maximum Gasteiger partial charge on any atom is 0.227 e. The number of aliphatic imine (C=N–C) groups is 1. The van der Waals surface area contributed by atoms with Gasteiger partial charge in [-0.25, -0.2) is 0 Å². The molecule has 0 aliphatic carbocycles. The van der Waals surface area contributed by atoms with Crippen LogP contribution in [0.5, 0.6) is 0 Å². The lowest BCUT2D eigenvalue weighted by atomic mass is 9.91. The molecular weight excluding hydrogens is 328 g/mol. The number of hydrogen-bond acceptors (Lipinski definition) is 5. The van der Waals surface area contributed by atoms with E-state index in [0.29, 0.717) is 18.0 Å². The van der Waals surface area contributed by atoms with E-state index in [9.17, 15) is 9.59 Å². The molecule has 0 unspecified atom stereocenters. The van der Waals surface area contributed by atoms with Crippen LogP contribution in [0.3, 0.4) is 0 Å². The van der Waals surface area contributed by atoms with Crippen molar-refractivity contribution in [3.8, 4) is 0 Å². The molecule has 1 aliphatic rings.